The Morgan fingerprint density at radius 1 is 1.00 bits per heavy atom. The third-order valence-corrected chi connectivity index (χ3v) is 4.65. The number of nitrogens with zero attached hydrogens (tertiary/aromatic N) is 1. The molecule has 2 aromatic carbocycles. The zero-order chi connectivity index (χ0) is 17.3. The van der Waals surface area contributed by atoms with Crippen molar-refractivity contribution in [3.05, 3.63) is 71.3 Å². The fourth-order valence-corrected chi connectivity index (χ4v) is 3.25. The van der Waals surface area contributed by atoms with E-state index < -0.39 is 0 Å². The molecule has 0 aliphatic carbocycles. The zero-order valence-electron chi connectivity index (χ0n) is 14.7. The van der Waals surface area contributed by atoms with Crippen molar-refractivity contribution in [2.45, 2.75) is 12.8 Å². The molecule has 2 N–H and O–H groups in total. The SMILES string of the molecule is O=C(NCCCN1CCNCC1)c1ccccc1Cc1ccccc1. The average molecular weight is 337 g/mol. The molecule has 4 heteroatoms. The fraction of sp³-hybridized carbons (Fsp3) is 0.381. The van der Waals surface area contributed by atoms with Crippen LogP contribution in [0.5, 0.6) is 0 Å². The van der Waals surface area contributed by atoms with Gasteiger partial charge in [-0.15, -0.1) is 0 Å². The van der Waals surface area contributed by atoms with Crippen LogP contribution in [-0.4, -0.2) is 50.1 Å². The highest BCUT2D eigenvalue weighted by atomic mass is 16.1. The van der Waals surface area contributed by atoms with Crippen LogP contribution >= 0.6 is 0 Å². The van der Waals surface area contributed by atoms with Gasteiger partial charge in [0.1, 0.15) is 0 Å². The predicted molar refractivity (Wildman–Crippen MR) is 102 cm³/mol. The molecule has 0 unspecified atom stereocenters. The van der Waals surface area contributed by atoms with Gasteiger partial charge in [0.25, 0.3) is 5.91 Å². The van der Waals surface area contributed by atoms with Gasteiger partial charge < -0.3 is 15.5 Å². The summed E-state index contributed by atoms with van der Waals surface area (Å²) in [5, 5.41) is 6.44. The summed E-state index contributed by atoms with van der Waals surface area (Å²) in [4.78, 5) is 15.0. The Hall–Kier alpha value is -2.17. The first-order valence-electron chi connectivity index (χ1n) is 9.16. The Labute approximate surface area is 150 Å². The van der Waals surface area contributed by atoms with E-state index in [-0.39, 0.29) is 5.91 Å². The largest absolute Gasteiger partial charge is 0.352 e. The Kier molecular flexibility index (Phi) is 6.60. The van der Waals surface area contributed by atoms with E-state index in [2.05, 4.69) is 27.7 Å². The van der Waals surface area contributed by atoms with E-state index in [9.17, 15) is 4.79 Å². The molecule has 1 fully saturated rings. The maximum atomic E-state index is 12.6. The summed E-state index contributed by atoms with van der Waals surface area (Å²) < 4.78 is 0. The van der Waals surface area contributed by atoms with Gasteiger partial charge in [0.2, 0.25) is 0 Å². The van der Waals surface area contributed by atoms with Crippen molar-refractivity contribution in [3.8, 4) is 0 Å². The molecule has 2 aromatic rings. The quantitative estimate of drug-likeness (QED) is 0.762. The molecule has 0 saturated carbocycles. The Balaban J connectivity index is 1.51. The molecule has 1 heterocycles. The molecule has 3 rings (SSSR count). The van der Waals surface area contributed by atoms with Crippen LogP contribution in [0.2, 0.25) is 0 Å². The Bertz CT molecular complexity index is 666. The normalized spacial score (nSPS) is 15.0. The first-order valence-corrected chi connectivity index (χ1v) is 9.16. The fourth-order valence-electron chi connectivity index (χ4n) is 3.25. The van der Waals surface area contributed by atoms with Gasteiger partial charge in [0.05, 0.1) is 0 Å². The molecule has 0 radical (unpaired) electrons. The maximum absolute atomic E-state index is 12.6. The predicted octanol–water partition coefficient (Wildman–Crippen LogP) is 2.30. The van der Waals surface area contributed by atoms with E-state index >= 15 is 0 Å². The molecule has 0 bridgehead atoms. The highest BCUT2D eigenvalue weighted by molar-refractivity contribution is 5.95. The number of hydrogen-bond acceptors (Lipinski definition) is 3. The first-order chi connectivity index (χ1) is 12.3. The lowest BCUT2D eigenvalue weighted by atomic mass is 9.99. The third-order valence-electron chi connectivity index (χ3n) is 4.65. The van der Waals surface area contributed by atoms with E-state index in [0.717, 1.165) is 63.2 Å². The lowest BCUT2D eigenvalue weighted by Crippen LogP contribution is -2.44. The van der Waals surface area contributed by atoms with E-state index in [0.29, 0.717) is 0 Å². The lowest BCUT2D eigenvalue weighted by molar-refractivity contribution is 0.0950. The second-order valence-electron chi connectivity index (χ2n) is 6.52. The van der Waals surface area contributed by atoms with Gasteiger partial charge in [0, 0.05) is 38.3 Å². The van der Waals surface area contributed by atoms with Crippen LogP contribution in [0.15, 0.2) is 54.6 Å². The number of benzene rings is 2. The van der Waals surface area contributed by atoms with Gasteiger partial charge in [-0.3, -0.25) is 4.79 Å². The second-order valence-corrected chi connectivity index (χ2v) is 6.52. The van der Waals surface area contributed by atoms with Crippen LogP contribution in [0.25, 0.3) is 0 Å². The van der Waals surface area contributed by atoms with Gasteiger partial charge in [-0.1, -0.05) is 48.5 Å². The Morgan fingerprint density at radius 2 is 1.72 bits per heavy atom. The molecule has 0 spiro atoms. The van der Waals surface area contributed by atoms with E-state index in [4.69, 9.17) is 0 Å². The minimum Gasteiger partial charge on any atom is -0.352 e. The third kappa shape index (κ3) is 5.41. The highest BCUT2D eigenvalue weighted by Crippen LogP contribution is 2.14. The number of amides is 1. The monoisotopic (exact) mass is 337 g/mol. The molecule has 0 aromatic heterocycles. The van der Waals surface area contributed by atoms with Crippen molar-refractivity contribution in [1.29, 1.82) is 0 Å². The number of rotatable bonds is 7. The molecule has 1 aliphatic rings. The van der Waals surface area contributed by atoms with Crippen molar-refractivity contribution in [2.75, 3.05) is 39.3 Å². The van der Waals surface area contributed by atoms with Crippen molar-refractivity contribution < 1.29 is 4.79 Å². The molecular formula is C21H27N3O. The summed E-state index contributed by atoms with van der Waals surface area (Å²) in [6.07, 6.45) is 1.78. The standard InChI is InChI=1S/C21H27N3O/c25-21(23-11-6-14-24-15-12-22-13-16-24)20-10-5-4-9-19(20)17-18-7-2-1-3-8-18/h1-5,7-10,22H,6,11-17H2,(H,23,25). The molecule has 1 amide bonds. The number of carbonyl (C=O) groups is 1. The van der Waals surface area contributed by atoms with Crippen LogP contribution in [0.3, 0.4) is 0 Å². The second kappa shape index (κ2) is 9.35. The molecule has 4 nitrogen and oxygen atoms in total. The van der Waals surface area contributed by atoms with Crippen LogP contribution in [-0.2, 0) is 6.42 Å². The molecule has 25 heavy (non-hydrogen) atoms. The van der Waals surface area contributed by atoms with Crippen LogP contribution in [0.1, 0.15) is 27.9 Å². The minimum atomic E-state index is 0.0341. The smallest absolute Gasteiger partial charge is 0.251 e. The first kappa shape index (κ1) is 17.6. The summed E-state index contributed by atoms with van der Waals surface area (Å²) in [7, 11) is 0. The zero-order valence-corrected chi connectivity index (χ0v) is 14.7. The molecule has 1 aliphatic heterocycles. The lowest BCUT2D eigenvalue weighted by Gasteiger charge is -2.27. The van der Waals surface area contributed by atoms with Crippen molar-refractivity contribution in [1.82, 2.24) is 15.5 Å². The van der Waals surface area contributed by atoms with Gasteiger partial charge >= 0.3 is 0 Å². The highest BCUT2D eigenvalue weighted by Gasteiger charge is 2.12. The van der Waals surface area contributed by atoms with E-state index in [1.165, 1.54) is 5.56 Å². The summed E-state index contributed by atoms with van der Waals surface area (Å²) in [6, 6.07) is 18.2. The van der Waals surface area contributed by atoms with Gasteiger partial charge in [-0.25, -0.2) is 0 Å². The number of hydrogen-bond donors (Lipinski definition) is 2. The number of piperazine rings is 1. The molecule has 132 valence electrons. The van der Waals surface area contributed by atoms with Crippen molar-refractivity contribution >= 4 is 5.91 Å². The maximum Gasteiger partial charge on any atom is 0.251 e. The number of carbonyl (C=O) groups excluding carboxylic acids is 1. The minimum absolute atomic E-state index is 0.0341. The Morgan fingerprint density at radius 3 is 2.52 bits per heavy atom. The van der Waals surface area contributed by atoms with Gasteiger partial charge in [-0.05, 0) is 36.6 Å². The van der Waals surface area contributed by atoms with Gasteiger partial charge in [-0.2, -0.15) is 0 Å². The average Bonchev–Trinajstić information content (AvgIpc) is 2.67. The summed E-state index contributed by atoms with van der Waals surface area (Å²) in [5.74, 6) is 0.0341. The van der Waals surface area contributed by atoms with Crippen LogP contribution < -0.4 is 10.6 Å². The molecule has 0 atom stereocenters. The summed E-state index contributed by atoms with van der Waals surface area (Å²) in [6.45, 7) is 6.12. The van der Waals surface area contributed by atoms with Crippen LogP contribution in [0.4, 0.5) is 0 Å². The summed E-state index contributed by atoms with van der Waals surface area (Å²) >= 11 is 0. The number of nitrogens with one attached hydrogen (secondary N) is 2. The van der Waals surface area contributed by atoms with Gasteiger partial charge in [0.15, 0.2) is 0 Å². The van der Waals surface area contributed by atoms with Crippen LogP contribution in [0, 0.1) is 0 Å². The summed E-state index contributed by atoms with van der Waals surface area (Å²) in [5.41, 5.74) is 3.09. The molecule has 1 saturated heterocycles. The topological polar surface area (TPSA) is 44.4 Å². The van der Waals surface area contributed by atoms with E-state index in [1.807, 2.05) is 42.5 Å². The van der Waals surface area contributed by atoms with E-state index in [1.54, 1.807) is 0 Å². The molecular weight excluding hydrogens is 310 g/mol. The van der Waals surface area contributed by atoms with Crippen molar-refractivity contribution in [2.24, 2.45) is 0 Å². The van der Waals surface area contributed by atoms with Crippen molar-refractivity contribution in [3.63, 3.8) is 0 Å².